The summed E-state index contributed by atoms with van der Waals surface area (Å²) in [4.78, 5) is 28.1. The van der Waals surface area contributed by atoms with E-state index in [1.165, 1.54) is 30.7 Å². The monoisotopic (exact) mass is 440 g/mol. The zero-order valence-corrected chi connectivity index (χ0v) is 16.4. The van der Waals surface area contributed by atoms with E-state index in [2.05, 4.69) is 25.1 Å². The van der Waals surface area contributed by atoms with Gasteiger partial charge in [-0.05, 0) is 30.7 Å². The Morgan fingerprint density at radius 2 is 2.00 bits per heavy atom. The summed E-state index contributed by atoms with van der Waals surface area (Å²) >= 11 is 0. The normalized spacial score (nSPS) is 13.2. The molecule has 0 fully saturated rings. The molecule has 1 aliphatic heterocycles. The molecule has 4 rings (SSSR count). The Morgan fingerprint density at radius 3 is 2.66 bits per heavy atom. The van der Waals surface area contributed by atoms with Crippen LogP contribution in [-0.2, 0) is 19.1 Å². The van der Waals surface area contributed by atoms with Gasteiger partial charge in [0.1, 0.15) is 17.8 Å². The molecule has 1 aromatic carbocycles. The number of hydrogen-bond acceptors (Lipinski definition) is 6. The topological polar surface area (TPSA) is 95.6 Å². The molecule has 0 amide bonds. The third-order valence-corrected chi connectivity index (χ3v) is 5.02. The molecule has 0 spiro atoms. The SMILES string of the molecule is [C-]#[N+]c1ccc(N2CCc3c(ncnc3Nc3ccc(C(=O)O)nc3)C2)cc1C(F)(F)F. The summed E-state index contributed by atoms with van der Waals surface area (Å²) in [6, 6.07) is 6.61. The van der Waals surface area contributed by atoms with Crippen LogP contribution in [-0.4, -0.2) is 32.6 Å². The van der Waals surface area contributed by atoms with Gasteiger partial charge in [0, 0.05) is 17.8 Å². The molecule has 1 aliphatic rings. The first kappa shape index (κ1) is 21.0. The number of rotatable bonds is 4. The van der Waals surface area contributed by atoms with Gasteiger partial charge in [0.25, 0.3) is 0 Å². The number of fused-ring (bicyclic) bond motifs is 1. The predicted molar refractivity (Wildman–Crippen MR) is 109 cm³/mol. The Kier molecular flexibility index (Phi) is 5.36. The van der Waals surface area contributed by atoms with E-state index in [9.17, 15) is 18.0 Å². The second-order valence-corrected chi connectivity index (χ2v) is 6.99. The maximum absolute atomic E-state index is 13.3. The first-order valence-electron chi connectivity index (χ1n) is 9.39. The minimum Gasteiger partial charge on any atom is -0.477 e. The fourth-order valence-corrected chi connectivity index (χ4v) is 3.46. The van der Waals surface area contributed by atoms with Gasteiger partial charge in [-0.1, -0.05) is 6.07 Å². The standard InChI is InChI=1S/C21H15F3N6O2/c1-25-16-5-3-13(8-15(16)21(22,23)24)30-7-6-14-18(10-30)27-11-28-19(14)29-12-2-4-17(20(31)32)26-9-12/h2-5,8-9,11H,6-7,10H2,(H,31,32)(H,27,28,29). The van der Waals surface area contributed by atoms with Crippen molar-refractivity contribution in [2.45, 2.75) is 19.1 Å². The highest BCUT2D eigenvalue weighted by molar-refractivity contribution is 5.85. The number of nitrogens with one attached hydrogen (secondary N) is 1. The van der Waals surface area contributed by atoms with Gasteiger partial charge < -0.3 is 15.3 Å². The van der Waals surface area contributed by atoms with Gasteiger partial charge in [-0.2, -0.15) is 13.2 Å². The predicted octanol–water partition coefficient (Wildman–Crippen LogP) is 4.45. The number of anilines is 3. The average Bonchev–Trinajstić information content (AvgIpc) is 2.78. The molecule has 3 heterocycles. The summed E-state index contributed by atoms with van der Waals surface area (Å²) in [5, 5.41) is 12.0. The summed E-state index contributed by atoms with van der Waals surface area (Å²) in [5.41, 5.74) is 0.901. The number of aromatic nitrogens is 3. The highest BCUT2D eigenvalue weighted by Crippen LogP contribution is 2.39. The molecule has 32 heavy (non-hydrogen) atoms. The van der Waals surface area contributed by atoms with Crippen LogP contribution in [0.5, 0.6) is 0 Å². The Balaban J connectivity index is 1.58. The number of pyridine rings is 1. The molecule has 0 saturated carbocycles. The lowest BCUT2D eigenvalue weighted by molar-refractivity contribution is -0.136. The molecule has 0 bridgehead atoms. The number of halogens is 3. The summed E-state index contributed by atoms with van der Waals surface area (Å²) in [5.74, 6) is -0.604. The van der Waals surface area contributed by atoms with Crippen molar-refractivity contribution < 1.29 is 23.1 Å². The molecule has 2 N–H and O–H groups in total. The third-order valence-electron chi connectivity index (χ3n) is 5.02. The van der Waals surface area contributed by atoms with Gasteiger partial charge in [0.2, 0.25) is 0 Å². The number of carbonyl (C=O) groups is 1. The van der Waals surface area contributed by atoms with E-state index in [0.29, 0.717) is 35.9 Å². The maximum atomic E-state index is 13.3. The number of nitrogens with zero attached hydrogens (tertiary/aromatic N) is 5. The molecule has 162 valence electrons. The number of aromatic carboxylic acids is 1. The second kappa shape index (κ2) is 8.14. The summed E-state index contributed by atoms with van der Waals surface area (Å²) in [6.07, 6.45) is -1.41. The van der Waals surface area contributed by atoms with E-state index >= 15 is 0 Å². The van der Waals surface area contributed by atoms with Gasteiger partial charge in [-0.15, -0.1) is 0 Å². The summed E-state index contributed by atoms with van der Waals surface area (Å²) in [7, 11) is 0. The number of benzene rings is 1. The van der Waals surface area contributed by atoms with Crippen molar-refractivity contribution in [1.82, 2.24) is 15.0 Å². The molecular weight excluding hydrogens is 425 g/mol. The van der Waals surface area contributed by atoms with Crippen LogP contribution in [0.2, 0.25) is 0 Å². The molecule has 11 heteroatoms. The van der Waals surface area contributed by atoms with Crippen LogP contribution < -0.4 is 10.2 Å². The number of alkyl halides is 3. The maximum Gasteiger partial charge on any atom is 0.407 e. The first-order valence-corrected chi connectivity index (χ1v) is 9.39. The molecule has 0 unspecified atom stereocenters. The molecule has 8 nitrogen and oxygen atoms in total. The van der Waals surface area contributed by atoms with Crippen LogP contribution in [0.3, 0.4) is 0 Å². The van der Waals surface area contributed by atoms with Crippen LogP contribution in [0, 0.1) is 6.57 Å². The van der Waals surface area contributed by atoms with E-state index in [0.717, 1.165) is 11.6 Å². The van der Waals surface area contributed by atoms with Gasteiger partial charge in [0.15, 0.2) is 5.69 Å². The lowest BCUT2D eigenvalue weighted by Crippen LogP contribution is -2.32. The molecule has 0 saturated heterocycles. The van der Waals surface area contributed by atoms with Crippen molar-refractivity contribution in [2.24, 2.45) is 0 Å². The van der Waals surface area contributed by atoms with E-state index in [-0.39, 0.29) is 12.2 Å². The zero-order valence-electron chi connectivity index (χ0n) is 16.4. The van der Waals surface area contributed by atoms with Crippen molar-refractivity contribution in [2.75, 3.05) is 16.8 Å². The van der Waals surface area contributed by atoms with Crippen molar-refractivity contribution in [3.05, 3.63) is 76.8 Å². The number of carboxylic acid groups (broad SMARTS) is 1. The second-order valence-electron chi connectivity index (χ2n) is 6.99. The van der Waals surface area contributed by atoms with Crippen molar-refractivity contribution in [1.29, 1.82) is 0 Å². The van der Waals surface area contributed by atoms with Crippen LogP contribution >= 0.6 is 0 Å². The Bertz CT molecular complexity index is 1220. The van der Waals surface area contributed by atoms with E-state index < -0.39 is 23.4 Å². The Morgan fingerprint density at radius 1 is 1.19 bits per heavy atom. The van der Waals surface area contributed by atoms with Crippen molar-refractivity contribution in [3.8, 4) is 0 Å². The summed E-state index contributed by atoms with van der Waals surface area (Å²) in [6.45, 7) is 7.68. The van der Waals surface area contributed by atoms with Crippen molar-refractivity contribution in [3.63, 3.8) is 0 Å². The molecule has 2 aromatic heterocycles. The molecule has 0 aliphatic carbocycles. The number of hydrogen-bond donors (Lipinski definition) is 2. The molecular formula is C21H15F3N6O2. The van der Waals surface area contributed by atoms with E-state index in [4.69, 9.17) is 11.7 Å². The van der Waals surface area contributed by atoms with Gasteiger partial charge in [0.05, 0.1) is 36.3 Å². The molecule has 0 radical (unpaired) electrons. The quantitative estimate of drug-likeness (QED) is 0.579. The smallest absolute Gasteiger partial charge is 0.407 e. The molecule has 0 atom stereocenters. The average molecular weight is 440 g/mol. The van der Waals surface area contributed by atoms with Crippen molar-refractivity contribution >= 4 is 28.8 Å². The molecule has 3 aromatic rings. The van der Waals surface area contributed by atoms with Crippen LogP contribution in [0.1, 0.15) is 27.3 Å². The fourth-order valence-electron chi connectivity index (χ4n) is 3.46. The Labute approximate surface area is 180 Å². The highest BCUT2D eigenvalue weighted by atomic mass is 19.4. The lowest BCUT2D eigenvalue weighted by Gasteiger charge is -2.31. The number of carboxylic acids is 1. The zero-order chi connectivity index (χ0) is 22.9. The minimum absolute atomic E-state index is 0.0848. The minimum atomic E-state index is -4.62. The largest absolute Gasteiger partial charge is 0.477 e. The lowest BCUT2D eigenvalue weighted by atomic mass is 10.0. The first-order chi connectivity index (χ1) is 15.3. The summed E-state index contributed by atoms with van der Waals surface area (Å²) < 4.78 is 40.0. The van der Waals surface area contributed by atoms with E-state index in [1.807, 2.05) is 0 Å². The van der Waals surface area contributed by atoms with Gasteiger partial charge in [-0.25, -0.2) is 24.6 Å². The van der Waals surface area contributed by atoms with Gasteiger partial charge in [-0.3, -0.25) is 0 Å². The fraction of sp³-hybridized carbons (Fsp3) is 0.190. The van der Waals surface area contributed by atoms with Gasteiger partial charge >= 0.3 is 12.1 Å². The highest BCUT2D eigenvalue weighted by Gasteiger charge is 2.34. The van der Waals surface area contributed by atoms with Crippen LogP contribution in [0.4, 0.5) is 36.1 Å². The van der Waals surface area contributed by atoms with Crippen LogP contribution in [0.15, 0.2) is 42.9 Å². The van der Waals surface area contributed by atoms with E-state index in [1.54, 1.807) is 11.0 Å². The van der Waals surface area contributed by atoms with Crippen LogP contribution in [0.25, 0.3) is 4.85 Å². The third kappa shape index (κ3) is 4.15. The Hall–Kier alpha value is -4.20.